The van der Waals surface area contributed by atoms with Crippen LogP contribution in [0.4, 0.5) is 0 Å². The van der Waals surface area contributed by atoms with Gasteiger partial charge in [0.1, 0.15) is 13.2 Å². The average Bonchev–Trinajstić information content (AvgIpc) is 3.27. The second-order valence-corrected chi connectivity index (χ2v) is 20.9. The van der Waals surface area contributed by atoms with Crippen molar-refractivity contribution in [1.82, 2.24) is 0 Å². The molecule has 0 aromatic carbocycles. The molecule has 0 aromatic rings. The van der Waals surface area contributed by atoms with E-state index < -0.39 is 6.10 Å². The van der Waals surface area contributed by atoms with Crippen LogP contribution in [0.1, 0.15) is 324 Å². The molecule has 0 N–H and O–H groups in total. The highest BCUT2D eigenvalue weighted by Crippen LogP contribution is 2.18. The lowest BCUT2D eigenvalue weighted by Crippen LogP contribution is -2.30. The SMILES string of the molecule is CCCCCCCCCCCCCCCC(=O)O[C@@H](COC(=O)CCCCCCCCCCCCCCCCCCC(C)C)COC(=O)CCCCCCCCCCCCCC(C)C. The number of hydrogen-bond acceptors (Lipinski definition) is 6. The van der Waals surface area contributed by atoms with Gasteiger partial charge in [0.25, 0.3) is 0 Å². The Hall–Kier alpha value is -1.59. The minimum Gasteiger partial charge on any atom is -0.462 e. The maximum Gasteiger partial charge on any atom is 0.306 e. The minimum absolute atomic E-state index is 0.0627. The van der Waals surface area contributed by atoms with Gasteiger partial charge in [0, 0.05) is 19.3 Å². The summed E-state index contributed by atoms with van der Waals surface area (Å²) in [4.78, 5) is 38.1. The lowest BCUT2D eigenvalue weighted by molar-refractivity contribution is -0.167. The molecule has 0 aliphatic heterocycles. The molecule has 0 spiro atoms. The molecule has 64 heavy (non-hydrogen) atoms. The Bertz CT molecular complexity index is 978. The van der Waals surface area contributed by atoms with E-state index >= 15 is 0 Å². The van der Waals surface area contributed by atoms with E-state index in [4.69, 9.17) is 14.2 Å². The van der Waals surface area contributed by atoms with E-state index in [1.807, 2.05) is 0 Å². The highest BCUT2D eigenvalue weighted by Gasteiger charge is 2.19. The Morgan fingerprint density at radius 3 is 0.766 bits per heavy atom. The third-order valence-corrected chi connectivity index (χ3v) is 13.2. The summed E-state index contributed by atoms with van der Waals surface area (Å²) in [6, 6.07) is 0. The molecule has 0 saturated heterocycles. The molecular formula is C58H112O6. The van der Waals surface area contributed by atoms with Gasteiger partial charge in [-0.15, -0.1) is 0 Å². The predicted molar refractivity (Wildman–Crippen MR) is 275 cm³/mol. The topological polar surface area (TPSA) is 78.9 Å². The number of ether oxygens (including phenoxy) is 3. The zero-order valence-corrected chi connectivity index (χ0v) is 43.9. The summed E-state index contributed by atoms with van der Waals surface area (Å²) in [6.07, 6.45) is 53.8. The normalized spacial score (nSPS) is 12.0. The number of hydrogen-bond donors (Lipinski definition) is 0. The van der Waals surface area contributed by atoms with Gasteiger partial charge < -0.3 is 14.2 Å². The monoisotopic (exact) mass is 905 g/mol. The van der Waals surface area contributed by atoms with Crippen LogP contribution in [0.15, 0.2) is 0 Å². The summed E-state index contributed by atoms with van der Waals surface area (Å²) in [5.41, 5.74) is 0. The number of rotatable bonds is 52. The molecule has 0 bridgehead atoms. The Kier molecular flexibility index (Phi) is 49.6. The average molecular weight is 906 g/mol. The number of unbranched alkanes of at least 4 members (excludes halogenated alkanes) is 37. The fourth-order valence-electron chi connectivity index (χ4n) is 8.87. The fraction of sp³-hybridized carbons (Fsp3) is 0.948. The first-order chi connectivity index (χ1) is 31.2. The Balaban J connectivity index is 4.26. The van der Waals surface area contributed by atoms with E-state index in [2.05, 4.69) is 34.6 Å². The van der Waals surface area contributed by atoms with Crippen LogP contribution in [0.3, 0.4) is 0 Å². The van der Waals surface area contributed by atoms with E-state index in [1.54, 1.807) is 0 Å². The summed E-state index contributed by atoms with van der Waals surface area (Å²) in [6.45, 7) is 11.4. The van der Waals surface area contributed by atoms with Gasteiger partial charge in [0.2, 0.25) is 0 Å². The molecule has 1 atom stereocenters. The third kappa shape index (κ3) is 51.4. The molecule has 0 rings (SSSR count). The molecule has 0 aromatic heterocycles. The van der Waals surface area contributed by atoms with Crippen molar-refractivity contribution in [2.24, 2.45) is 11.8 Å². The first-order valence-corrected chi connectivity index (χ1v) is 28.7. The quantitative estimate of drug-likeness (QED) is 0.0344. The van der Waals surface area contributed by atoms with Crippen LogP contribution in [0, 0.1) is 11.8 Å². The molecule has 6 nitrogen and oxygen atoms in total. The van der Waals surface area contributed by atoms with Crippen LogP contribution >= 0.6 is 0 Å². The second kappa shape index (κ2) is 50.8. The first kappa shape index (κ1) is 62.4. The smallest absolute Gasteiger partial charge is 0.306 e. The molecule has 0 saturated carbocycles. The van der Waals surface area contributed by atoms with Crippen LogP contribution < -0.4 is 0 Å². The van der Waals surface area contributed by atoms with Gasteiger partial charge in [-0.2, -0.15) is 0 Å². The van der Waals surface area contributed by atoms with E-state index in [9.17, 15) is 14.4 Å². The van der Waals surface area contributed by atoms with Crippen molar-refractivity contribution in [2.75, 3.05) is 13.2 Å². The Labute approximate surface area is 399 Å². The molecule has 380 valence electrons. The molecule has 0 aliphatic carbocycles. The van der Waals surface area contributed by atoms with Gasteiger partial charge in [0.15, 0.2) is 6.10 Å². The van der Waals surface area contributed by atoms with Crippen LogP contribution in [-0.2, 0) is 28.6 Å². The van der Waals surface area contributed by atoms with Gasteiger partial charge in [0.05, 0.1) is 0 Å². The van der Waals surface area contributed by atoms with Crippen molar-refractivity contribution in [1.29, 1.82) is 0 Å². The van der Waals surface area contributed by atoms with Crippen LogP contribution in [0.25, 0.3) is 0 Å². The molecule has 0 aliphatic rings. The minimum atomic E-state index is -0.762. The number of esters is 3. The van der Waals surface area contributed by atoms with Crippen molar-refractivity contribution in [3.63, 3.8) is 0 Å². The summed E-state index contributed by atoms with van der Waals surface area (Å²) < 4.78 is 16.9. The standard InChI is InChI=1S/C58H112O6/c1-6-7-8-9-10-11-12-17-24-30-35-40-45-50-58(61)64-55(52-63-57(60)49-44-39-34-29-25-20-22-27-32-37-42-47-54(4)5)51-62-56(59)48-43-38-33-28-23-19-16-14-13-15-18-21-26-31-36-41-46-53(2)3/h53-55H,6-52H2,1-5H3/t55-/m0/s1. The maximum atomic E-state index is 12.8. The van der Waals surface area contributed by atoms with Crippen molar-refractivity contribution < 1.29 is 28.6 Å². The Morgan fingerprint density at radius 2 is 0.516 bits per heavy atom. The van der Waals surface area contributed by atoms with E-state index in [1.165, 1.54) is 212 Å². The van der Waals surface area contributed by atoms with Crippen molar-refractivity contribution in [3.05, 3.63) is 0 Å². The second-order valence-electron chi connectivity index (χ2n) is 20.9. The fourth-order valence-corrected chi connectivity index (χ4v) is 8.87. The molecule has 0 radical (unpaired) electrons. The van der Waals surface area contributed by atoms with Gasteiger partial charge in [-0.05, 0) is 31.1 Å². The van der Waals surface area contributed by atoms with Crippen LogP contribution in [0.5, 0.6) is 0 Å². The summed E-state index contributed by atoms with van der Waals surface area (Å²) in [5, 5.41) is 0. The maximum absolute atomic E-state index is 12.8. The summed E-state index contributed by atoms with van der Waals surface area (Å²) in [5.74, 6) is 0.840. The number of carbonyl (C=O) groups excluding carboxylic acids is 3. The van der Waals surface area contributed by atoms with Crippen LogP contribution in [0.2, 0.25) is 0 Å². The van der Waals surface area contributed by atoms with E-state index in [0.717, 1.165) is 69.6 Å². The molecular weight excluding hydrogens is 793 g/mol. The Morgan fingerprint density at radius 1 is 0.297 bits per heavy atom. The van der Waals surface area contributed by atoms with Gasteiger partial charge in [-0.3, -0.25) is 14.4 Å². The molecule has 0 heterocycles. The largest absolute Gasteiger partial charge is 0.462 e. The van der Waals surface area contributed by atoms with Crippen LogP contribution in [-0.4, -0.2) is 37.2 Å². The lowest BCUT2D eigenvalue weighted by Gasteiger charge is -2.18. The zero-order valence-electron chi connectivity index (χ0n) is 43.9. The molecule has 0 amide bonds. The van der Waals surface area contributed by atoms with Crippen molar-refractivity contribution in [3.8, 4) is 0 Å². The first-order valence-electron chi connectivity index (χ1n) is 28.7. The summed E-state index contributed by atoms with van der Waals surface area (Å²) in [7, 11) is 0. The van der Waals surface area contributed by atoms with E-state index in [-0.39, 0.29) is 31.1 Å². The van der Waals surface area contributed by atoms with Gasteiger partial charge in [-0.1, -0.05) is 285 Å². The highest BCUT2D eigenvalue weighted by atomic mass is 16.6. The highest BCUT2D eigenvalue weighted by molar-refractivity contribution is 5.71. The molecule has 6 heteroatoms. The van der Waals surface area contributed by atoms with Gasteiger partial charge in [-0.25, -0.2) is 0 Å². The third-order valence-electron chi connectivity index (χ3n) is 13.2. The summed E-state index contributed by atoms with van der Waals surface area (Å²) >= 11 is 0. The van der Waals surface area contributed by atoms with Crippen molar-refractivity contribution >= 4 is 17.9 Å². The molecule has 0 fully saturated rings. The number of carbonyl (C=O) groups is 3. The predicted octanol–water partition coefficient (Wildman–Crippen LogP) is 18.9. The van der Waals surface area contributed by atoms with E-state index in [0.29, 0.717) is 19.3 Å². The zero-order chi connectivity index (χ0) is 46.8. The lowest BCUT2D eigenvalue weighted by atomic mass is 10.0. The van der Waals surface area contributed by atoms with Gasteiger partial charge >= 0.3 is 17.9 Å². The molecule has 0 unspecified atom stereocenters. The van der Waals surface area contributed by atoms with Crippen molar-refractivity contribution in [2.45, 2.75) is 330 Å².